The number of hydrogen-bond donors (Lipinski definition) is 3. The largest absolute Gasteiger partial charge is 0.476 e. The van der Waals surface area contributed by atoms with Gasteiger partial charge >= 0.3 is 0 Å². The van der Waals surface area contributed by atoms with Gasteiger partial charge < -0.3 is 15.8 Å². The Labute approximate surface area is 238 Å². The lowest BCUT2D eigenvalue weighted by Gasteiger charge is -2.50. The van der Waals surface area contributed by atoms with Gasteiger partial charge in [0.05, 0.1) is 0 Å². The number of carbonyl (C=O) groups excluding carboxylic acids is 1. The Morgan fingerprint density at radius 2 is 1.80 bits per heavy atom. The van der Waals surface area contributed by atoms with Gasteiger partial charge in [-0.3, -0.25) is 9.35 Å². The Balaban J connectivity index is 1.43. The molecular formula is C31H29ClN2O5S. The van der Waals surface area contributed by atoms with Crippen LogP contribution in [0.2, 0.25) is 5.02 Å². The Bertz CT molecular complexity index is 1720. The van der Waals surface area contributed by atoms with Crippen molar-refractivity contribution in [3.8, 4) is 5.75 Å². The van der Waals surface area contributed by atoms with Crippen molar-refractivity contribution in [2.75, 3.05) is 6.54 Å². The van der Waals surface area contributed by atoms with Gasteiger partial charge in [0.15, 0.2) is 0 Å². The molecule has 2 unspecified atom stereocenters. The predicted molar refractivity (Wildman–Crippen MR) is 154 cm³/mol. The van der Waals surface area contributed by atoms with Crippen LogP contribution in [0.5, 0.6) is 5.75 Å². The van der Waals surface area contributed by atoms with Gasteiger partial charge in [-0.2, -0.15) is 8.42 Å². The van der Waals surface area contributed by atoms with Gasteiger partial charge in [-0.15, -0.1) is 0 Å². The van der Waals surface area contributed by atoms with Gasteiger partial charge in [0, 0.05) is 22.0 Å². The van der Waals surface area contributed by atoms with Crippen molar-refractivity contribution >= 4 is 38.4 Å². The van der Waals surface area contributed by atoms with Gasteiger partial charge in [0.25, 0.3) is 16.0 Å². The maximum atomic E-state index is 12.8. The van der Waals surface area contributed by atoms with Gasteiger partial charge in [-0.25, -0.2) is 0 Å². The molecule has 1 aliphatic carbocycles. The molecule has 4 N–H and O–H groups in total. The topological polar surface area (TPSA) is 119 Å². The molecule has 1 amide bonds. The number of ether oxygens (including phenoxy) is 1. The van der Waals surface area contributed by atoms with Crippen LogP contribution in [0.4, 0.5) is 0 Å². The van der Waals surface area contributed by atoms with Crippen molar-refractivity contribution in [3.05, 3.63) is 106 Å². The minimum atomic E-state index is -4.67. The van der Waals surface area contributed by atoms with Gasteiger partial charge in [-0.1, -0.05) is 66.6 Å². The molecule has 0 aromatic heterocycles. The number of primary amides is 1. The van der Waals surface area contributed by atoms with Crippen LogP contribution in [0, 0.1) is 0 Å². The van der Waals surface area contributed by atoms with E-state index in [1.54, 1.807) is 36.4 Å². The van der Waals surface area contributed by atoms with Crippen molar-refractivity contribution in [2.24, 2.45) is 5.73 Å². The van der Waals surface area contributed by atoms with Crippen molar-refractivity contribution < 1.29 is 22.5 Å². The lowest BCUT2D eigenvalue weighted by atomic mass is 9.58. The number of hydrogen-bond acceptors (Lipinski definition) is 5. The van der Waals surface area contributed by atoms with E-state index in [0.717, 1.165) is 37.8 Å². The first-order valence-electron chi connectivity index (χ1n) is 13.2. The molecule has 1 aliphatic heterocycles. The van der Waals surface area contributed by atoms with Gasteiger partial charge in [-0.05, 0) is 83.6 Å². The van der Waals surface area contributed by atoms with Crippen molar-refractivity contribution in [2.45, 2.75) is 48.1 Å². The molecule has 2 aliphatic rings. The first kappa shape index (κ1) is 26.8. The molecule has 4 aromatic carbocycles. The van der Waals surface area contributed by atoms with E-state index in [0.29, 0.717) is 21.5 Å². The maximum Gasteiger partial charge on any atom is 0.294 e. The van der Waals surface area contributed by atoms with E-state index in [-0.39, 0.29) is 17.0 Å². The predicted octanol–water partition coefficient (Wildman–Crippen LogP) is 5.65. The van der Waals surface area contributed by atoms with E-state index in [9.17, 15) is 17.8 Å². The number of carbonyl (C=O) groups is 1. The molecule has 2 atom stereocenters. The van der Waals surface area contributed by atoms with Crippen molar-refractivity contribution in [1.29, 1.82) is 0 Å². The Kier molecular flexibility index (Phi) is 6.82. The number of rotatable bonds is 7. The van der Waals surface area contributed by atoms with Crippen LogP contribution in [-0.4, -0.2) is 25.4 Å². The van der Waals surface area contributed by atoms with Gasteiger partial charge in [0.1, 0.15) is 10.6 Å². The molecule has 0 spiro atoms. The third-order valence-corrected chi connectivity index (χ3v) is 9.54. The first-order chi connectivity index (χ1) is 19.2. The second-order valence-electron chi connectivity index (χ2n) is 10.6. The molecule has 1 heterocycles. The smallest absolute Gasteiger partial charge is 0.294 e. The fourth-order valence-electron chi connectivity index (χ4n) is 6.35. The Morgan fingerprint density at radius 3 is 2.48 bits per heavy atom. The molecule has 6 rings (SSSR count). The number of nitrogens with one attached hydrogen (secondary N) is 1. The third kappa shape index (κ3) is 4.65. The highest BCUT2D eigenvalue weighted by Gasteiger charge is 2.47. The van der Waals surface area contributed by atoms with E-state index in [1.165, 1.54) is 17.2 Å². The van der Waals surface area contributed by atoms with Crippen LogP contribution < -0.4 is 15.8 Å². The van der Waals surface area contributed by atoms with E-state index < -0.39 is 27.0 Å². The molecule has 1 fully saturated rings. The Morgan fingerprint density at radius 1 is 1.05 bits per heavy atom. The monoisotopic (exact) mass is 576 g/mol. The number of benzene rings is 4. The van der Waals surface area contributed by atoms with E-state index in [4.69, 9.17) is 22.1 Å². The number of amides is 1. The van der Waals surface area contributed by atoms with Crippen LogP contribution in [-0.2, 0) is 26.7 Å². The van der Waals surface area contributed by atoms with E-state index in [2.05, 4.69) is 17.4 Å². The summed E-state index contributed by atoms with van der Waals surface area (Å²) in [4.78, 5) is 12.4. The third-order valence-electron chi connectivity index (χ3n) is 8.37. The summed E-state index contributed by atoms with van der Waals surface area (Å²) >= 11 is 6.19. The summed E-state index contributed by atoms with van der Waals surface area (Å²) in [6, 6.07) is 23.6. The second-order valence-corrected chi connectivity index (χ2v) is 12.4. The quantitative estimate of drug-likeness (QED) is 0.244. The number of nitrogens with two attached hydrogens (primary N) is 1. The fraction of sp³-hybridized carbons (Fsp3) is 0.258. The first-order valence-corrected chi connectivity index (χ1v) is 15.1. The lowest BCUT2D eigenvalue weighted by molar-refractivity contribution is -0.125. The molecule has 9 heteroatoms. The summed E-state index contributed by atoms with van der Waals surface area (Å²) in [5, 5.41) is 5.56. The van der Waals surface area contributed by atoms with Crippen LogP contribution in [0.3, 0.4) is 0 Å². The fourth-order valence-corrected chi connectivity index (χ4v) is 7.21. The van der Waals surface area contributed by atoms with Crippen LogP contribution in [0.15, 0.2) is 83.8 Å². The second kappa shape index (κ2) is 10.2. The highest BCUT2D eigenvalue weighted by atomic mass is 35.5. The highest BCUT2D eigenvalue weighted by molar-refractivity contribution is 7.85. The zero-order valence-corrected chi connectivity index (χ0v) is 23.2. The summed E-state index contributed by atoms with van der Waals surface area (Å²) in [5.74, 6) is -0.485. The van der Waals surface area contributed by atoms with E-state index in [1.807, 2.05) is 24.3 Å². The van der Waals surface area contributed by atoms with Crippen LogP contribution >= 0.6 is 11.6 Å². The number of fused-ring (bicyclic) bond motifs is 2. The molecule has 7 nitrogen and oxygen atoms in total. The maximum absolute atomic E-state index is 12.8. The van der Waals surface area contributed by atoms with Crippen molar-refractivity contribution in [3.63, 3.8) is 0 Å². The molecule has 4 aromatic rings. The molecule has 40 heavy (non-hydrogen) atoms. The van der Waals surface area contributed by atoms with Crippen LogP contribution in [0.1, 0.15) is 53.7 Å². The van der Waals surface area contributed by atoms with Crippen LogP contribution in [0.25, 0.3) is 10.8 Å². The summed E-state index contributed by atoms with van der Waals surface area (Å²) in [6.07, 6.45) is 2.56. The highest BCUT2D eigenvalue weighted by Crippen LogP contribution is 2.54. The zero-order valence-electron chi connectivity index (χ0n) is 21.6. The summed E-state index contributed by atoms with van der Waals surface area (Å²) in [6.45, 7) is 0.838. The van der Waals surface area contributed by atoms with Gasteiger partial charge in [0.2, 0.25) is 6.10 Å². The average molecular weight is 577 g/mol. The van der Waals surface area contributed by atoms with E-state index >= 15 is 0 Å². The molecule has 0 saturated heterocycles. The normalized spacial score (nSPS) is 18.9. The minimum Gasteiger partial charge on any atom is -0.476 e. The molecule has 206 valence electrons. The Hall–Kier alpha value is -3.43. The summed E-state index contributed by atoms with van der Waals surface area (Å²) < 4.78 is 40.9. The lowest BCUT2D eigenvalue weighted by Crippen LogP contribution is -2.49. The molecule has 0 radical (unpaired) electrons. The number of halogens is 1. The molecular weight excluding hydrogens is 548 g/mol. The molecule has 1 saturated carbocycles. The average Bonchev–Trinajstić information content (AvgIpc) is 2.91. The standard InChI is InChI=1S/C31H29ClN2O5S/c32-22-10-8-21(9-11-22)31(15-3-16-31)29-25-18-23(12-6-20(25)14-17-34-29)39-28(30(33)35)27-24-5-2-1-4-19(24)7-13-26(27)40(36,37)38/h1-2,4-13,18,28-29,34H,3,14-17H2,(H2,33,35)(H,36,37,38). The molecule has 0 bridgehead atoms. The summed E-state index contributed by atoms with van der Waals surface area (Å²) in [5.41, 5.74) is 9.21. The minimum absolute atomic E-state index is 0.0112. The SMILES string of the molecule is NC(=O)C(Oc1ccc2c(c1)C(C1(c3ccc(Cl)cc3)CCC1)NCC2)c1c(S(=O)(=O)O)ccc2ccccc12. The summed E-state index contributed by atoms with van der Waals surface area (Å²) in [7, 11) is -4.67. The van der Waals surface area contributed by atoms with Crippen molar-refractivity contribution in [1.82, 2.24) is 5.32 Å². The zero-order chi connectivity index (χ0) is 28.1.